The summed E-state index contributed by atoms with van der Waals surface area (Å²) in [6.45, 7) is 3.97. The molecule has 0 aliphatic carbocycles. The van der Waals surface area contributed by atoms with E-state index >= 15 is 0 Å². The van der Waals surface area contributed by atoms with Crippen LogP contribution in [0, 0.1) is 0 Å². The number of aromatic nitrogens is 1. The summed E-state index contributed by atoms with van der Waals surface area (Å²) in [7, 11) is 5.55. The lowest BCUT2D eigenvalue weighted by molar-refractivity contribution is -0.134. The fourth-order valence-corrected chi connectivity index (χ4v) is 5.59. The van der Waals surface area contributed by atoms with Crippen molar-refractivity contribution in [2.24, 2.45) is 0 Å². The number of rotatable bonds is 9. The lowest BCUT2D eigenvalue weighted by Gasteiger charge is -2.44. The van der Waals surface area contributed by atoms with Crippen LogP contribution in [0.4, 0.5) is 4.79 Å². The van der Waals surface area contributed by atoms with E-state index in [1.165, 1.54) is 4.90 Å². The van der Waals surface area contributed by atoms with Crippen LogP contribution in [-0.2, 0) is 16.0 Å². The second-order valence-corrected chi connectivity index (χ2v) is 9.85. The van der Waals surface area contributed by atoms with E-state index in [1.807, 2.05) is 79.3 Å². The molecule has 0 spiro atoms. The lowest BCUT2D eigenvalue weighted by Crippen LogP contribution is -2.55. The maximum atomic E-state index is 14.0. The average Bonchev–Trinajstić information content (AvgIpc) is 3.34. The zero-order valence-corrected chi connectivity index (χ0v) is 21.4. The summed E-state index contributed by atoms with van der Waals surface area (Å²) >= 11 is 0. The van der Waals surface area contributed by atoms with Gasteiger partial charge in [-0.3, -0.25) is 14.6 Å². The fourth-order valence-electron chi connectivity index (χ4n) is 5.59. The summed E-state index contributed by atoms with van der Waals surface area (Å²) in [6.07, 6.45) is 1.00. The molecular formula is C28H34N4O4. The van der Waals surface area contributed by atoms with Gasteiger partial charge in [0.05, 0.1) is 6.61 Å². The molecule has 1 saturated heterocycles. The molecule has 5 rings (SSSR count). The number of carbonyl (C=O) groups excluding carboxylic acids is 2. The van der Waals surface area contributed by atoms with Crippen LogP contribution in [0.5, 0.6) is 5.75 Å². The van der Waals surface area contributed by atoms with Crippen LogP contribution in [0.15, 0.2) is 48.5 Å². The van der Waals surface area contributed by atoms with Crippen LogP contribution >= 0.6 is 0 Å². The molecule has 1 N–H and O–H groups in total. The van der Waals surface area contributed by atoms with E-state index in [2.05, 4.69) is 4.98 Å². The largest absolute Gasteiger partial charge is 0.491 e. The molecule has 0 radical (unpaired) electrons. The van der Waals surface area contributed by atoms with E-state index in [0.717, 1.165) is 33.5 Å². The molecule has 1 aromatic heterocycles. The Morgan fingerprint density at radius 2 is 1.89 bits per heavy atom. The van der Waals surface area contributed by atoms with Gasteiger partial charge in [-0.15, -0.1) is 0 Å². The number of nitrogens with one attached hydrogen (secondary N) is 1. The topological polar surface area (TPSA) is 78.1 Å². The van der Waals surface area contributed by atoms with Crippen molar-refractivity contribution in [2.45, 2.75) is 31.3 Å². The van der Waals surface area contributed by atoms with Crippen molar-refractivity contribution in [3.63, 3.8) is 0 Å². The number of benzene rings is 2. The summed E-state index contributed by atoms with van der Waals surface area (Å²) in [5.74, 6) is 0.650. The molecule has 36 heavy (non-hydrogen) atoms. The van der Waals surface area contributed by atoms with Gasteiger partial charge >= 0.3 is 6.03 Å². The molecule has 3 aromatic rings. The Hall–Kier alpha value is -3.36. The summed E-state index contributed by atoms with van der Waals surface area (Å²) in [5, 5.41) is 1.03. The summed E-state index contributed by atoms with van der Waals surface area (Å²) in [4.78, 5) is 36.8. The summed E-state index contributed by atoms with van der Waals surface area (Å²) in [5.41, 5.74) is 3.06. The molecule has 0 bridgehead atoms. The van der Waals surface area contributed by atoms with Gasteiger partial charge in [-0.25, -0.2) is 4.79 Å². The molecule has 2 atom stereocenters. The monoisotopic (exact) mass is 490 g/mol. The van der Waals surface area contributed by atoms with Crippen molar-refractivity contribution in [3.05, 3.63) is 65.4 Å². The lowest BCUT2D eigenvalue weighted by atomic mass is 9.78. The van der Waals surface area contributed by atoms with E-state index in [1.54, 1.807) is 7.11 Å². The molecule has 2 unspecified atom stereocenters. The zero-order chi connectivity index (χ0) is 25.4. The number of ether oxygens (including phenoxy) is 2. The number of likely N-dealkylation sites (N-methyl/N-ethyl adjacent to an activating group) is 1. The standard InChI is InChI=1S/C28H34N4O4/c1-5-28-18-22-21-17-20(36-16-15-35-4)11-12-23(21)29-24(22)25(19-9-7-6-8-10-19)32(28)27(34)31(26(28)33)14-13-30(2)3/h6-12,17,25,29H,5,13-16,18H2,1-4H3. The second-order valence-electron chi connectivity index (χ2n) is 9.85. The number of H-pyrrole nitrogens is 1. The second kappa shape index (κ2) is 9.59. The van der Waals surface area contributed by atoms with E-state index in [4.69, 9.17) is 9.47 Å². The molecule has 1 fully saturated rings. The normalized spacial score (nSPS) is 21.4. The number of amides is 3. The molecule has 3 heterocycles. The Morgan fingerprint density at radius 1 is 1.11 bits per heavy atom. The number of hydrogen-bond donors (Lipinski definition) is 1. The molecule has 2 aromatic carbocycles. The number of imide groups is 1. The highest BCUT2D eigenvalue weighted by Crippen LogP contribution is 2.50. The van der Waals surface area contributed by atoms with Crippen molar-refractivity contribution < 1.29 is 19.1 Å². The minimum absolute atomic E-state index is 0.106. The highest BCUT2D eigenvalue weighted by atomic mass is 16.5. The van der Waals surface area contributed by atoms with Gasteiger partial charge in [0.2, 0.25) is 0 Å². The molecule has 2 aliphatic heterocycles. The van der Waals surface area contributed by atoms with Crippen LogP contribution in [-0.4, -0.2) is 84.7 Å². The van der Waals surface area contributed by atoms with Gasteiger partial charge in [-0.2, -0.15) is 0 Å². The van der Waals surface area contributed by atoms with Crippen LogP contribution in [0.2, 0.25) is 0 Å². The number of nitrogens with zero attached hydrogens (tertiary/aromatic N) is 3. The van der Waals surface area contributed by atoms with Crippen molar-refractivity contribution in [3.8, 4) is 5.75 Å². The van der Waals surface area contributed by atoms with E-state index < -0.39 is 5.54 Å². The molecule has 190 valence electrons. The van der Waals surface area contributed by atoms with E-state index in [0.29, 0.717) is 39.1 Å². The average molecular weight is 491 g/mol. The number of aromatic amines is 1. The van der Waals surface area contributed by atoms with Gasteiger partial charge in [0.1, 0.15) is 23.9 Å². The van der Waals surface area contributed by atoms with Crippen LogP contribution in [0.3, 0.4) is 0 Å². The maximum Gasteiger partial charge on any atom is 0.328 e. The Labute approximate surface area is 211 Å². The molecule has 3 amide bonds. The Balaban J connectivity index is 1.66. The Kier molecular flexibility index (Phi) is 6.49. The van der Waals surface area contributed by atoms with Gasteiger partial charge in [0.15, 0.2) is 0 Å². The van der Waals surface area contributed by atoms with E-state index in [-0.39, 0.29) is 18.0 Å². The first-order valence-corrected chi connectivity index (χ1v) is 12.5. The number of fused-ring (bicyclic) bond motifs is 4. The van der Waals surface area contributed by atoms with Crippen LogP contribution in [0.1, 0.15) is 36.2 Å². The predicted molar refractivity (Wildman–Crippen MR) is 138 cm³/mol. The highest BCUT2D eigenvalue weighted by Gasteiger charge is 2.61. The van der Waals surface area contributed by atoms with Crippen molar-refractivity contribution in [2.75, 3.05) is 47.5 Å². The Bertz CT molecular complexity index is 1270. The predicted octanol–water partition coefficient (Wildman–Crippen LogP) is 3.81. The zero-order valence-electron chi connectivity index (χ0n) is 21.4. The van der Waals surface area contributed by atoms with Crippen LogP contribution in [0.25, 0.3) is 10.9 Å². The third-order valence-corrected chi connectivity index (χ3v) is 7.48. The minimum atomic E-state index is -0.932. The molecular weight excluding hydrogens is 456 g/mol. The van der Waals surface area contributed by atoms with Gasteiger partial charge < -0.3 is 19.4 Å². The van der Waals surface area contributed by atoms with Gasteiger partial charge in [0, 0.05) is 43.2 Å². The number of urea groups is 1. The number of hydrogen-bond acceptors (Lipinski definition) is 5. The van der Waals surface area contributed by atoms with Crippen molar-refractivity contribution >= 4 is 22.8 Å². The first-order chi connectivity index (χ1) is 17.4. The quantitative estimate of drug-likeness (QED) is 0.365. The minimum Gasteiger partial charge on any atom is -0.491 e. The number of methoxy groups -OCH3 is 1. The first-order valence-electron chi connectivity index (χ1n) is 12.5. The summed E-state index contributed by atoms with van der Waals surface area (Å²) < 4.78 is 11.0. The van der Waals surface area contributed by atoms with E-state index in [9.17, 15) is 9.59 Å². The highest BCUT2D eigenvalue weighted by molar-refractivity contribution is 6.08. The van der Waals surface area contributed by atoms with Crippen molar-refractivity contribution in [1.29, 1.82) is 0 Å². The third kappa shape index (κ3) is 3.85. The molecule has 8 nitrogen and oxygen atoms in total. The maximum absolute atomic E-state index is 14.0. The molecule has 8 heteroatoms. The smallest absolute Gasteiger partial charge is 0.328 e. The SMILES string of the molecule is CCC12Cc3c([nH]c4ccc(OCCOC)cc34)C(c3ccccc3)N1C(=O)N(CCN(C)C)C2=O. The number of carbonyl (C=O) groups is 2. The molecule has 2 aliphatic rings. The molecule has 0 saturated carbocycles. The fraction of sp³-hybridized carbons (Fsp3) is 0.429. The Morgan fingerprint density at radius 3 is 2.58 bits per heavy atom. The van der Waals surface area contributed by atoms with Gasteiger partial charge in [0.25, 0.3) is 5.91 Å². The van der Waals surface area contributed by atoms with Crippen LogP contribution < -0.4 is 4.74 Å². The first kappa shape index (κ1) is 24.3. The third-order valence-electron chi connectivity index (χ3n) is 7.48. The van der Waals surface area contributed by atoms with Gasteiger partial charge in [-0.1, -0.05) is 37.3 Å². The van der Waals surface area contributed by atoms with Gasteiger partial charge in [-0.05, 0) is 49.8 Å². The van der Waals surface area contributed by atoms with Crippen molar-refractivity contribution in [1.82, 2.24) is 19.7 Å². The summed E-state index contributed by atoms with van der Waals surface area (Å²) in [6, 6.07) is 15.4.